The molecule has 0 aromatic heterocycles. The Morgan fingerprint density at radius 2 is 1.89 bits per heavy atom. The molecule has 0 atom stereocenters. The van der Waals surface area contributed by atoms with Gasteiger partial charge in [0.25, 0.3) is 0 Å². The first-order valence-corrected chi connectivity index (χ1v) is 3.02. The zero-order valence-corrected chi connectivity index (χ0v) is 5.96. The van der Waals surface area contributed by atoms with Crippen LogP contribution in [0, 0.1) is 0 Å². The lowest BCUT2D eigenvalue weighted by Crippen LogP contribution is -1.90. The SMILES string of the molecule is C\C=C/C=C(N)\C=C/C. The predicted octanol–water partition coefficient (Wildman–Crippen LogP) is 1.98. The molecule has 0 heterocycles. The van der Waals surface area contributed by atoms with Crippen LogP contribution >= 0.6 is 0 Å². The summed E-state index contributed by atoms with van der Waals surface area (Å²) in [5.74, 6) is 0. The largest absolute Gasteiger partial charge is 0.399 e. The second-order valence-corrected chi connectivity index (χ2v) is 1.69. The molecule has 0 aromatic rings. The van der Waals surface area contributed by atoms with Crippen molar-refractivity contribution in [1.82, 2.24) is 0 Å². The van der Waals surface area contributed by atoms with Crippen LogP contribution in [-0.4, -0.2) is 0 Å². The van der Waals surface area contributed by atoms with Crippen LogP contribution < -0.4 is 5.73 Å². The summed E-state index contributed by atoms with van der Waals surface area (Å²) in [6, 6.07) is 0. The monoisotopic (exact) mass is 123 g/mol. The van der Waals surface area contributed by atoms with Crippen LogP contribution in [0.2, 0.25) is 0 Å². The standard InChI is InChI=1S/C8H13N/c1-3-5-7-8(9)6-4-2/h3-7H,9H2,1-2H3/b5-3-,6-4-,8-7+. The number of hydrogen-bond donors (Lipinski definition) is 1. The molecule has 0 aromatic carbocycles. The average molecular weight is 123 g/mol. The van der Waals surface area contributed by atoms with Crippen LogP contribution in [0.15, 0.2) is 36.1 Å². The molecule has 0 rings (SSSR count). The number of allylic oxidation sites excluding steroid dienone is 5. The van der Waals surface area contributed by atoms with Crippen LogP contribution in [0.1, 0.15) is 13.8 Å². The third-order valence-electron chi connectivity index (χ3n) is 0.840. The smallest absolute Gasteiger partial charge is 0.0310 e. The molecule has 0 aliphatic carbocycles. The summed E-state index contributed by atoms with van der Waals surface area (Å²) in [6.07, 6.45) is 9.49. The maximum absolute atomic E-state index is 5.49. The van der Waals surface area contributed by atoms with Gasteiger partial charge in [0.2, 0.25) is 0 Å². The molecule has 2 N–H and O–H groups in total. The zero-order chi connectivity index (χ0) is 7.11. The van der Waals surface area contributed by atoms with Gasteiger partial charge in [-0.3, -0.25) is 0 Å². The van der Waals surface area contributed by atoms with E-state index in [2.05, 4.69) is 0 Å². The first-order chi connectivity index (χ1) is 4.31. The molecule has 1 nitrogen and oxygen atoms in total. The van der Waals surface area contributed by atoms with E-state index in [0.29, 0.717) is 0 Å². The van der Waals surface area contributed by atoms with E-state index in [4.69, 9.17) is 5.73 Å². The van der Waals surface area contributed by atoms with Crippen molar-refractivity contribution in [1.29, 1.82) is 0 Å². The van der Waals surface area contributed by atoms with Gasteiger partial charge in [0.1, 0.15) is 0 Å². The third kappa shape index (κ3) is 4.88. The molecule has 0 spiro atoms. The number of nitrogens with two attached hydrogens (primary N) is 1. The fourth-order valence-electron chi connectivity index (χ4n) is 0.455. The fraction of sp³-hybridized carbons (Fsp3) is 0.250. The molecule has 0 aliphatic rings. The molecule has 0 bridgehead atoms. The summed E-state index contributed by atoms with van der Waals surface area (Å²) in [7, 11) is 0. The van der Waals surface area contributed by atoms with E-state index < -0.39 is 0 Å². The van der Waals surface area contributed by atoms with E-state index in [-0.39, 0.29) is 0 Å². The Hall–Kier alpha value is -0.980. The Kier molecular flexibility index (Phi) is 4.60. The summed E-state index contributed by atoms with van der Waals surface area (Å²) in [5, 5.41) is 0. The highest BCUT2D eigenvalue weighted by Gasteiger charge is 1.72. The van der Waals surface area contributed by atoms with Crippen molar-refractivity contribution in [3.05, 3.63) is 36.1 Å². The van der Waals surface area contributed by atoms with E-state index in [0.717, 1.165) is 5.70 Å². The van der Waals surface area contributed by atoms with E-state index in [9.17, 15) is 0 Å². The van der Waals surface area contributed by atoms with Crippen LogP contribution in [0.4, 0.5) is 0 Å². The molecular formula is C8H13N. The first-order valence-electron chi connectivity index (χ1n) is 3.02. The van der Waals surface area contributed by atoms with Crippen molar-refractivity contribution in [3.8, 4) is 0 Å². The highest BCUT2D eigenvalue weighted by molar-refractivity contribution is 5.19. The second kappa shape index (κ2) is 5.16. The Morgan fingerprint density at radius 3 is 2.33 bits per heavy atom. The zero-order valence-electron chi connectivity index (χ0n) is 5.96. The summed E-state index contributed by atoms with van der Waals surface area (Å²) in [5.41, 5.74) is 6.28. The molecular weight excluding hydrogens is 110 g/mol. The van der Waals surface area contributed by atoms with Crippen LogP contribution in [0.25, 0.3) is 0 Å². The lowest BCUT2D eigenvalue weighted by molar-refractivity contribution is 1.41. The maximum Gasteiger partial charge on any atom is 0.0310 e. The molecule has 9 heavy (non-hydrogen) atoms. The third-order valence-corrected chi connectivity index (χ3v) is 0.840. The number of hydrogen-bond acceptors (Lipinski definition) is 1. The van der Waals surface area contributed by atoms with E-state index in [1.165, 1.54) is 0 Å². The molecule has 0 saturated carbocycles. The lowest BCUT2D eigenvalue weighted by Gasteiger charge is -1.84. The van der Waals surface area contributed by atoms with Crippen molar-refractivity contribution >= 4 is 0 Å². The van der Waals surface area contributed by atoms with Gasteiger partial charge >= 0.3 is 0 Å². The van der Waals surface area contributed by atoms with Crippen molar-refractivity contribution < 1.29 is 0 Å². The number of rotatable bonds is 2. The van der Waals surface area contributed by atoms with Gasteiger partial charge in [-0.15, -0.1) is 0 Å². The van der Waals surface area contributed by atoms with Gasteiger partial charge in [0, 0.05) is 5.70 Å². The van der Waals surface area contributed by atoms with Gasteiger partial charge in [-0.25, -0.2) is 0 Å². The normalized spacial score (nSPS) is 13.8. The summed E-state index contributed by atoms with van der Waals surface area (Å²) >= 11 is 0. The van der Waals surface area contributed by atoms with Gasteiger partial charge < -0.3 is 5.73 Å². The average Bonchev–Trinajstić information content (AvgIpc) is 1.85. The molecule has 0 amide bonds. The van der Waals surface area contributed by atoms with Gasteiger partial charge in [0.15, 0.2) is 0 Å². The Labute approximate surface area is 56.6 Å². The summed E-state index contributed by atoms with van der Waals surface area (Å²) in [6.45, 7) is 3.90. The van der Waals surface area contributed by atoms with Crippen molar-refractivity contribution in [2.75, 3.05) is 0 Å². The summed E-state index contributed by atoms with van der Waals surface area (Å²) < 4.78 is 0. The van der Waals surface area contributed by atoms with Crippen molar-refractivity contribution in [2.24, 2.45) is 5.73 Å². The highest BCUT2D eigenvalue weighted by atomic mass is 14.5. The first kappa shape index (κ1) is 8.02. The molecule has 1 heteroatoms. The van der Waals surface area contributed by atoms with Crippen LogP contribution in [0.3, 0.4) is 0 Å². The molecule has 50 valence electrons. The minimum Gasteiger partial charge on any atom is -0.399 e. The molecule has 0 saturated heterocycles. The Balaban J connectivity index is 3.84. The lowest BCUT2D eigenvalue weighted by atomic mass is 10.3. The van der Waals surface area contributed by atoms with Gasteiger partial charge in [-0.2, -0.15) is 0 Å². The molecule has 0 aliphatic heterocycles. The predicted molar refractivity (Wildman–Crippen MR) is 41.9 cm³/mol. The van der Waals surface area contributed by atoms with Gasteiger partial charge in [-0.05, 0) is 26.0 Å². The van der Waals surface area contributed by atoms with Gasteiger partial charge in [0.05, 0.1) is 0 Å². The van der Waals surface area contributed by atoms with Crippen molar-refractivity contribution in [2.45, 2.75) is 13.8 Å². The highest BCUT2D eigenvalue weighted by Crippen LogP contribution is 1.86. The molecule has 0 radical (unpaired) electrons. The Bertz CT molecular complexity index is 141. The van der Waals surface area contributed by atoms with Crippen molar-refractivity contribution in [3.63, 3.8) is 0 Å². The molecule has 0 fully saturated rings. The maximum atomic E-state index is 5.49. The molecule has 0 unspecified atom stereocenters. The second-order valence-electron chi connectivity index (χ2n) is 1.69. The van der Waals surface area contributed by atoms with E-state index >= 15 is 0 Å². The van der Waals surface area contributed by atoms with E-state index in [1.54, 1.807) is 0 Å². The van der Waals surface area contributed by atoms with E-state index in [1.807, 2.05) is 44.2 Å². The minimum absolute atomic E-state index is 0.788. The van der Waals surface area contributed by atoms with Crippen LogP contribution in [-0.2, 0) is 0 Å². The van der Waals surface area contributed by atoms with Crippen LogP contribution in [0.5, 0.6) is 0 Å². The Morgan fingerprint density at radius 1 is 1.22 bits per heavy atom. The minimum atomic E-state index is 0.788. The quantitative estimate of drug-likeness (QED) is 0.558. The fourth-order valence-corrected chi connectivity index (χ4v) is 0.455. The van der Waals surface area contributed by atoms with Gasteiger partial charge in [-0.1, -0.05) is 18.2 Å². The topological polar surface area (TPSA) is 26.0 Å². The summed E-state index contributed by atoms with van der Waals surface area (Å²) in [4.78, 5) is 0.